The van der Waals surface area contributed by atoms with Gasteiger partial charge in [-0.2, -0.15) is 0 Å². The summed E-state index contributed by atoms with van der Waals surface area (Å²) in [6, 6.07) is 11.2. The Morgan fingerprint density at radius 2 is 1.62 bits per heavy atom. The van der Waals surface area contributed by atoms with Crippen LogP contribution in [0.3, 0.4) is 0 Å². The van der Waals surface area contributed by atoms with Crippen molar-refractivity contribution in [3.8, 4) is 0 Å². The average molecular weight is 401 g/mol. The Morgan fingerprint density at radius 1 is 1.03 bits per heavy atom. The zero-order chi connectivity index (χ0) is 20.8. The fourth-order valence-electron chi connectivity index (χ4n) is 3.11. The van der Waals surface area contributed by atoms with Crippen molar-refractivity contribution in [2.45, 2.75) is 38.4 Å². The van der Waals surface area contributed by atoms with Gasteiger partial charge in [-0.1, -0.05) is 31.2 Å². The highest BCUT2D eigenvalue weighted by atomic mass is 19.1. The molecule has 1 unspecified atom stereocenters. The third-order valence-corrected chi connectivity index (χ3v) is 4.88. The van der Waals surface area contributed by atoms with Gasteiger partial charge in [-0.05, 0) is 54.8 Å². The molecule has 0 heterocycles. The van der Waals surface area contributed by atoms with Crippen LogP contribution in [-0.2, 0) is 16.1 Å². The molecule has 1 aliphatic rings. The van der Waals surface area contributed by atoms with Crippen molar-refractivity contribution in [3.05, 3.63) is 71.3 Å². The highest BCUT2D eigenvalue weighted by molar-refractivity contribution is 5.85. The van der Waals surface area contributed by atoms with E-state index in [0.29, 0.717) is 12.1 Å². The molecule has 29 heavy (non-hydrogen) atoms. The van der Waals surface area contributed by atoms with E-state index in [1.807, 2.05) is 6.92 Å². The van der Waals surface area contributed by atoms with Gasteiger partial charge in [0, 0.05) is 12.6 Å². The van der Waals surface area contributed by atoms with Gasteiger partial charge in [0.15, 0.2) is 0 Å². The number of nitrogens with one attached hydrogen (secondary N) is 2. The van der Waals surface area contributed by atoms with Crippen LogP contribution in [0.15, 0.2) is 48.5 Å². The SMILES string of the molecule is CCN(CC(=O)NCc1ccc(F)cc1)C(C(=O)NC1CC1)c1ccc(F)cc1. The van der Waals surface area contributed by atoms with Gasteiger partial charge in [0.05, 0.1) is 6.54 Å². The Balaban J connectivity index is 1.68. The van der Waals surface area contributed by atoms with E-state index in [2.05, 4.69) is 10.6 Å². The van der Waals surface area contributed by atoms with E-state index in [1.54, 1.807) is 29.2 Å². The van der Waals surface area contributed by atoms with Crippen LogP contribution in [0.5, 0.6) is 0 Å². The second-order valence-electron chi connectivity index (χ2n) is 7.20. The lowest BCUT2D eigenvalue weighted by Gasteiger charge is -2.29. The van der Waals surface area contributed by atoms with Crippen LogP contribution in [0.1, 0.15) is 36.9 Å². The predicted octanol–water partition coefficient (Wildman–Crippen LogP) is 2.92. The molecule has 2 aromatic rings. The fraction of sp³-hybridized carbons (Fsp3) is 0.364. The van der Waals surface area contributed by atoms with Crippen LogP contribution >= 0.6 is 0 Å². The number of nitrogens with zero attached hydrogens (tertiary/aromatic N) is 1. The fourth-order valence-corrected chi connectivity index (χ4v) is 3.11. The molecular weight excluding hydrogens is 376 g/mol. The lowest BCUT2D eigenvalue weighted by atomic mass is 10.0. The number of likely N-dealkylation sites (N-methyl/N-ethyl adjacent to an activating group) is 1. The Kier molecular flexibility index (Phi) is 6.93. The summed E-state index contributed by atoms with van der Waals surface area (Å²) in [6.07, 6.45) is 1.90. The number of hydrogen-bond acceptors (Lipinski definition) is 3. The van der Waals surface area contributed by atoms with Crippen LogP contribution in [0.25, 0.3) is 0 Å². The molecule has 1 saturated carbocycles. The van der Waals surface area contributed by atoms with Crippen molar-refractivity contribution in [3.63, 3.8) is 0 Å². The van der Waals surface area contributed by atoms with E-state index >= 15 is 0 Å². The first-order valence-corrected chi connectivity index (χ1v) is 9.77. The van der Waals surface area contributed by atoms with Crippen LogP contribution in [-0.4, -0.2) is 35.8 Å². The summed E-state index contributed by atoms with van der Waals surface area (Å²) in [6.45, 7) is 2.61. The van der Waals surface area contributed by atoms with Crippen LogP contribution in [0.4, 0.5) is 8.78 Å². The molecule has 1 atom stereocenters. The first-order valence-electron chi connectivity index (χ1n) is 9.77. The number of amides is 2. The summed E-state index contributed by atoms with van der Waals surface area (Å²) in [5, 5.41) is 5.77. The van der Waals surface area contributed by atoms with Crippen molar-refractivity contribution in [2.24, 2.45) is 0 Å². The third-order valence-electron chi connectivity index (χ3n) is 4.88. The number of carbonyl (C=O) groups is 2. The van der Waals surface area contributed by atoms with Gasteiger partial charge >= 0.3 is 0 Å². The summed E-state index contributed by atoms with van der Waals surface area (Å²) in [5.41, 5.74) is 1.42. The minimum Gasteiger partial charge on any atom is -0.352 e. The molecule has 1 fully saturated rings. The molecule has 0 radical (unpaired) electrons. The van der Waals surface area contributed by atoms with Crippen molar-refractivity contribution in [1.82, 2.24) is 15.5 Å². The average Bonchev–Trinajstić information content (AvgIpc) is 3.52. The molecule has 0 spiro atoms. The minimum atomic E-state index is -0.683. The summed E-state index contributed by atoms with van der Waals surface area (Å²) in [5.74, 6) is -1.15. The zero-order valence-corrected chi connectivity index (χ0v) is 16.3. The van der Waals surface area contributed by atoms with E-state index in [-0.39, 0.29) is 42.6 Å². The molecule has 7 heteroatoms. The van der Waals surface area contributed by atoms with E-state index in [9.17, 15) is 18.4 Å². The van der Waals surface area contributed by atoms with Gasteiger partial charge in [0.1, 0.15) is 17.7 Å². The van der Waals surface area contributed by atoms with E-state index in [4.69, 9.17) is 0 Å². The van der Waals surface area contributed by atoms with Crippen LogP contribution < -0.4 is 10.6 Å². The molecule has 2 aromatic carbocycles. The summed E-state index contributed by atoms with van der Waals surface area (Å²) in [7, 11) is 0. The van der Waals surface area contributed by atoms with Gasteiger partial charge in [-0.15, -0.1) is 0 Å². The lowest BCUT2D eigenvalue weighted by Crippen LogP contribution is -2.45. The zero-order valence-electron chi connectivity index (χ0n) is 16.3. The summed E-state index contributed by atoms with van der Waals surface area (Å²) in [4.78, 5) is 27.1. The van der Waals surface area contributed by atoms with Crippen molar-refractivity contribution >= 4 is 11.8 Å². The van der Waals surface area contributed by atoms with E-state index < -0.39 is 6.04 Å². The van der Waals surface area contributed by atoms with Crippen molar-refractivity contribution in [1.29, 1.82) is 0 Å². The van der Waals surface area contributed by atoms with Crippen LogP contribution in [0.2, 0.25) is 0 Å². The maximum absolute atomic E-state index is 13.3. The summed E-state index contributed by atoms with van der Waals surface area (Å²) >= 11 is 0. The first-order chi connectivity index (χ1) is 14.0. The van der Waals surface area contributed by atoms with Crippen molar-refractivity contribution < 1.29 is 18.4 Å². The molecule has 1 aliphatic carbocycles. The van der Waals surface area contributed by atoms with Crippen molar-refractivity contribution in [2.75, 3.05) is 13.1 Å². The maximum atomic E-state index is 13.3. The van der Waals surface area contributed by atoms with Gasteiger partial charge in [-0.25, -0.2) is 8.78 Å². The first kappa shape index (κ1) is 20.9. The molecule has 3 rings (SSSR count). The Bertz CT molecular complexity index is 836. The molecule has 0 saturated heterocycles. The van der Waals surface area contributed by atoms with Crippen LogP contribution in [0, 0.1) is 11.6 Å². The number of hydrogen-bond donors (Lipinski definition) is 2. The van der Waals surface area contributed by atoms with E-state index in [0.717, 1.165) is 18.4 Å². The minimum absolute atomic E-state index is 0.0117. The molecule has 5 nitrogen and oxygen atoms in total. The Labute approximate surface area is 169 Å². The Hall–Kier alpha value is -2.80. The standard InChI is InChI=1S/C22H25F2N3O2/c1-2-27(14-20(28)25-13-15-3-7-17(23)8-4-15)21(22(29)26-19-11-12-19)16-5-9-18(24)10-6-16/h3-10,19,21H,2,11-14H2,1H3,(H,25,28)(H,26,29). The lowest BCUT2D eigenvalue weighted by molar-refractivity contribution is -0.129. The molecule has 154 valence electrons. The molecule has 0 aliphatic heterocycles. The van der Waals surface area contributed by atoms with Gasteiger partial charge in [0.2, 0.25) is 11.8 Å². The Morgan fingerprint density at radius 3 is 2.17 bits per heavy atom. The monoisotopic (exact) mass is 401 g/mol. The third kappa shape index (κ3) is 6.09. The smallest absolute Gasteiger partial charge is 0.242 e. The largest absolute Gasteiger partial charge is 0.352 e. The molecule has 0 aromatic heterocycles. The maximum Gasteiger partial charge on any atom is 0.242 e. The van der Waals surface area contributed by atoms with Gasteiger partial charge < -0.3 is 10.6 Å². The number of halogens is 2. The van der Waals surface area contributed by atoms with E-state index in [1.165, 1.54) is 24.3 Å². The molecule has 2 N–H and O–H groups in total. The number of carbonyl (C=O) groups excluding carboxylic acids is 2. The molecular formula is C22H25F2N3O2. The highest BCUT2D eigenvalue weighted by Gasteiger charge is 2.32. The van der Waals surface area contributed by atoms with Gasteiger partial charge in [-0.3, -0.25) is 14.5 Å². The molecule has 2 amide bonds. The predicted molar refractivity (Wildman–Crippen MR) is 106 cm³/mol. The highest BCUT2D eigenvalue weighted by Crippen LogP contribution is 2.25. The second-order valence-corrected chi connectivity index (χ2v) is 7.20. The second kappa shape index (κ2) is 9.60. The summed E-state index contributed by atoms with van der Waals surface area (Å²) < 4.78 is 26.3. The number of benzene rings is 2. The quantitative estimate of drug-likeness (QED) is 0.679. The molecule has 0 bridgehead atoms. The topological polar surface area (TPSA) is 61.4 Å². The normalized spacial score (nSPS) is 14.5. The number of rotatable bonds is 9. The van der Waals surface area contributed by atoms with Gasteiger partial charge in [0.25, 0.3) is 0 Å².